The predicted molar refractivity (Wildman–Crippen MR) is 163 cm³/mol. The maximum absolute atomic E-state index is 13.9. The minimum atomic E-state index is -1.10. The number of carboxylic acid groups (broad SMARTS) is 1. The summed E-state index contributed by atoms with van der Waals surface area (Å²) in [5.74, 6) is 4.91. The lowest BCUT2D eigenvalue weighted by Gasteiger charge is -2.28. The second-order valence-corrected chi connectivity index (χ2v) is 11.1. The van der Waals surface area contributed by atoms with Crippen molar-refractivity contribution in [2.75, 3.05) is 13.7 Å². The molecule has 0 aliphatic carbocycles. The summed E-state index contributed by atoms with van der Waals surface area (Å²) in [4.78, 5) is 16.7. The molecule has 3 aromatic carbocycles. The van der Waals surface area contributed by atoms with Crippen LogP contribution in [0.1, 0.15) is 46.6 Å². The van der Waals surface area contributed by atoms with Crippen LogP contribution in [0.25, 0.3) is 5.69 Å². The van der Waals surface area contributed by atoms with E-state index in [1.54, 1.807) is 43.6 Å². The van der Waals surface area contributed by atoms with Crippen LogP contribution < -0.4 is 15.8 Å². The molecule has 4 aromatic rings. The second-order valence-electron chi connectivity index (χ2n) is 9.75. The van der Waals surface area contributed by atoms with E-state index in [0.717, 1.165) is 22.5 Å². The van der Waals surface area contributed by atoms with Gasteiger partial charge >= 0.3 is 5.97 Å². The van der Waals surface area contributed by atoms with Gasteiger partial charge in [0.15, 0.2) is 11.1 Å². The molecule has 0 unspecified atom stereocenters. The first kappa shape index (κ1) is 30.5. The smallest absolute Gasteiger partial charge is 0.336 e. The average Bonchev–Trinajstić information content (AvgIpc) is 3.39. The summed E-state index contributed by atoms with van der Waals surface area (Å²) < 4.78 is 21.3. The lowest BCUT2D eigenvalue weighted by atomic mass is 9.81. The lowest BCUT2D eigenvalue weighted by Crippen LogP contribution is -2.30. The van der Waals surface area contributed by atoms with Crippen LogP contribution in [0, 0.1) is 23.1 Å². The van der Waals surface area contributed by atoms with Crippen LogP contribution >= 0.6 is 23.4 Å². The molecule has 4 rings (SSSR count). The maximum atomic E-state index is 13.9. The summed E-state index contributed by atoms with van der Waals surface area (Å²) in [7, 11) is 1.57. The first-order valence-electron chi connectivity index (χ1n) is 12.7. The van der Waals surface area contributed by atoms with E-state index in [2.05, 4.69) is 31.0 Å². The Balaban J connectivity index is 1.69. The Labute approximate surface area is 252 Å². The summed E-state index contributed by atoms with van der Waals surface area (Å²) in [6.07, 6.45) is 1.79. The number of hydrogen-bond donors (Lipinski definition) is 4. The van der Waals surface area contributed by atoms with Gasteiger partial charge in [-0.3, -0.25) is 9.98 Å². The molecule has 42 heavy (non-hydrogen) atoms. The molecule has 0 aliphatic rings. The summed E-state index contributed by atoms with van der Waals surface area (Å²) >= 11 is 7.71. The van der Waals surface area contributed by atoms with E-state index in [4.69, 9.17) is 32.5 Å². The topological polar surface area (TPSA) is 126 Å². The Morgan fingerprint density at radius 2 is 1.95 bits per heavy atom. The molecule has 11 heteroatoms. The Bertz CT molecular complexity index is 1690. The van der Waals surface area contributed by atoms with Crippen molar-refractivity contribution < 1.29 is 19.0 Å². The van der Waals surface area contributed by atoms with Crippen molar-refractivity contribution in [2.24, 2.45) is 5.73 Å². The summed E-state index contributed by atoms with van der Waals surface area (Å²) in [6, 6.07) is 16.9. The van der Waals surface area contributed by atoms with E-state index in [1.165, 1.54) is 23.9 Å². The van der Waals surface area contributed by atoms with Crippen molar-refractivity contribution in [3.8, 4) is 23.3 Å². The van der Waals surface area contributed by atoms with Crippen LogP contribution in [-0.2, 0) is 11.2 Å². The molecule has 0 atom stereocenters. The number of benzene rings is 3. The molecule has 1 heterocycles. The number of methoxy groups -OCH3 is 1. The molecule has 0 aliphatic heterocycles. The van der Waals surface area contributed by atoms with Gasteiger partial charge in [0.2, 0.25) is 0 Å². The number of carbonyl (C=O) groups is 1. The van der Waals surface area contributed by atoms with E-state index in [9.17, 15) is 14.3 Å². The monoisotopic (exact) mass is 605 g/mol. The average molecular weight is 606 g/mol. The number of carboxylic acids is 1. The highest BCUT2D eigenvalue weighted by Gasteiger charge is 2.30. The van der Waals surface area contributed by atoms with Gasteiger partial charge in [-0.05, 0) is 59.7 Å². The number of nitrogens with two attached hydrogens (primary N) is 1. The number of ether oxygens (including phenoxy) is 1. The fourth-order valence-electron chi connectivity index (χ4n) is 4.31. The number of halogens is 2. The molecular formula is C31H29ClFN5O3S. The summed E-state index contributed by atoms with van der Waals surface area (Å²) in [5, 5.41) is 20.7. The van der Waals surface area contributed by atoms with Gasteiger partial charge in [0.05, 0.1) is 36.1 Å². The number of nitrogens with one attached hydrogen (secondary N) is 2. The van der Waals surface area contributed by atoms with Crippen LogP contribution in [-0.4, -0.2) is 40.2 Å². The molecule has 216 valence electrons. The highest BCUT2D eigenvalue weighted by Crippen LogP contribution is 2.39. The lowest BCUT2D eigenvalue weighted by molar-refractivity contribution is 0.0696. The third-order valence-corrected chi connectivity index (χ3v) is 7.94. The van der Waals surface area contributed by atoms with Gasteiger partial charge in [-0.2, -0.15) is 0 Å². The quantitative estimate of drug-likeness (QED) is 0.0819. The van der Waals surface area contributed by atoms with Crippen LogP contribution in [0.4, 0.5) is 4.39 Å². The highest BCUT2D eigenvalue weighted by molar-refractivity contribution is 7.98. The standard InChI is InChI=1S/C31H29ClFN5O3S/c1-31(2,21-8-13-25(32)26(16-21)41-3)27-17-37-30(38(27)23-11-9-22(33)10-12-23)42-18-19-6-7-20(24(15-19)28(39)40)5-4-14-36-29(34)35/h6-13,15-17H,14,18H2,1-3H3,(H,39,40)(H4,34,35,36). The molecule has 0 saturated carbocycles. The molecule has 8 nitrogen and oxygen atoms in total. The minimum absolute atomic E-state index is 0.0730. The van der Waals surface area contributed by atoms with E-state index >= 15 is 0 Å². The van der Waals surface area contributed by atoms with E-state index in [-0.39, 0.29) is 23.9 Å². The third kappa shape index (κ3) is 6.87. The number of thioether (sulfide) groups is 1. The number of aromatic carboxylic acids is 1. The number of nitrogens with zero attached hydrogens (tertiary/aromatic N) is 2. The maximum Gasteiger partial charge on any atom is 0.336 e. The van der Waals surface area contributed by atoms with Crippen LogP contribution in [0.5, 0.6) is 5.75 Å². The van der Waals surface area contributed by atoms with Crippen LogP contribution in [0.15, 0.2) is 72.0 Å². The summed E-state index contributed by atoms with van der Waals surface area (Å²) in [6.45, 7) is 4.25. The number of hydrogen-bond acceptors (Lipinski definition) is 5. The Morgan fingerprint density at radius 3 is 2.62 bits per heavy atom. The van der Waals surface area contributed by atoms with Gasteiger partial charge in [0, 0.05) is 22.4 Å². The zero-order valence-electron chi connectivity index (χ0n) is 23.2. The first-order chi connectivity index (χ1) is 20.0. The molecule has 0 fully saturated rings. The van der Waals surface area contributed by atoms with E-state index in [0.29, 0.717) is 27.2 Å². The largest absolute Gasteiger partial charge is 0.495 e. The first-order valence-corrected chi connectivity index (χ1v) is 14.1. The Morgan fingerprint density at radius 1 is 1.21 bits per heavy atom. The van der Waals surface area contributed by atoms with Crippen molar-refractivity contribution in [3.05, 3.63) is 106 Å². The fourth-order valence-corrected chi connectivity index (χ4v) is 5.44. The highest BCUT2D eigenvalue weighted by atomic mass is 35.5. The molecule has 5 N–H and O–H groups in total. The van der Waals surface area contributed by atoms with Crippen molar-refractivity contribution in [3.63, 3.8) is 0 Å². The number of aromatic nitrogens is 2. The third-order valence-electron chi connectivity index (χ3n) is 6.60. The normalized spacial score (nSPS) is 11.0. The number of imidazole rings is 1. The van der Waals surface area contributed by atoms with Gasteiger partial charge in [-0.15, -0.1) is 0 Å². The van der Waals surface area contributed by atoms with Gasteiger partial charge < -0.3 is 20.9 Å². The zero-order valence-corrected chi connectivity index (χ0v) is 24.7. The van der Waals surface area contributed by atoms with Gasteiger partial charge in [0.1, 0.15) is 11.6 Å². The molecule has 0 spiro atoms. The van der Waals surface area contributed by atoms with Gasteiger partial charge in [-0.1, -0.05) is 61.2 Å². The predicted octanol–water partition coefficient (Wildman–Crippen LogP) is 5.82. The molecule has 0 amide bonds. The zero-order chi connectivity index (χ0) is 30.4. The number of rotatable bonds is 9. The van der Waals surface area contributed by atoms with E-state index in [1.807, 2.05) is 22.8 Å². The van der Waals surface area contributed by atoms with Crippen molar-refractivity contribution in [1.29, 1.82) is 5.41 Å². The molecule has 1 aromatic heterocycles. The molecule has 0 radical (unpaired) electrons. The van der Waals surface area contributed by atoms with Crippen LogP contribution in [0.2, 0.25) is 5.02 Å². The Kier molecular flexibility index (Phi) is 9.45. The van der Waals surface area contributed by atoms with E-state index < -0.39 is 11.4 Å². The van der Waals surface area contributed by atoms with Crippen LogP contribution in [0.3, 0.4) is 0 Å². The van der Waals surface area contributed by atoms with Crippen molar-refractivity contribution in [2.45, 2.75) is 30.2 Å². The van der Waals surface area contributed by atoms with Crippen molar-refractivity contribution in [1.82, 2.24) is 14.9 Å². The minimum Gasteiger partial charge on any atom is -0.495 e. The summed E-state index contributed by atoms with van der Waals surface area (Å²) in [5.41, 5.74) is 8.44. The number of guanidine groups is 1. The fraction of sp³-hybridized carbons (Fsp3) is 0.194. The molecule has 0 saturated heterocycles. The van der Waals surface area contributed by atoms with Gasteiger partial charge in [0.25, 0.3) is 0 Å². The van der Waals surface area contributed by atoms with Crippen molar-refractivity contribution >= 4 is 35.3 Å². The molecule has 0 bridgehead atoms. The second kappa shape index (κ2) is 13.0. The SMILES string of the molecule is COc1cc(C(C)(C)c2cnc(SCc3ccc(C#CCNC(=N)N)c(C(=O)O)c3)n2-c2ccc(F)cc2)ccc1Cl. The molecular weight excluding hydrogens is 577 g/mol. The Hall–Kier alpha value is -4.46. The van der Waals surface area contributed by atoms with Gasteiger partial charge in [-0.25, -0.2) is 14.2 Å².